The molecule has 2 fully saturated rings. The Bertz CT molecular complexity index is 1120. The maximum atomic E-state index is 13.4. The number of halogens is 2. The third-order valence-corrected chi connectivity index (χ3v) is 32.1. The molecule has 0 amide bonds. The van der Waals surface area contributed by atoms with Crippen LogP contribution < -0.4 is 14.1 Å². The normalized spacial score (nSPS) is 18.4. The first-order valence-corrected chi connectivity index (χ1v) is 24.0. The fourth-order valence-corrected chi connectivity index (χ4v) is 33.5. The molecule has 2 aliphatic rings. The molecule has 0 spiro atoms. The van der Waals surface area contributed by atoms with Gasteiger partial charge in [-0.15, -0.1) is 0 Å². The average Bonchev–Trinajstić information content (AvgIpc) is 3.40. The summed E-state index contributed by atoms with van der Waals surface area (Å²) in [5.74, 6) is 4.09. The van der Waals surface area contributed by atoms with Gasteiger partial charge in [0.15, 0.2) is 0 Å². The van der Waals surface area contributed by atoms with E-state index in [2.05, 4.69) is 0 Å². The molecule has 2 aliphatic heterocycles. The zero-order chi connectivity index (χ0) is 20.3. The van der Waals surface area contributed by atoms with Crippen LogP contribution in [0.4, 0.5) is 0 Å². The molecular weight excluding hydrogens is 617 g/mol. The van der Waals surface area contributed by atoms with E-state index < -0.39 is 24.7 Å². The van der Waals surface area contributed by atoms with Gasteiger partial charge in [-0.05, 0) is 0 Å². The SMILES string of the molecule is O=c1c2cc(Cl)c(O)c([As]3SCCS3)c2oc2c([As]3SCCS3)c(O)c(Cl)cc12. The van der Waals surface area contributed by atoms with E-state index in [9.17, 15) is 15.0 Å². The molecule has 3 aromatic rings. The van der Waals surface area contributed by atoms with Crippen LogP contribution in [0.3, 0.4) is 0 Å². The van der Waals surface area contributed by atoms with Crippen LogP contribution in [-0.2, 0) is 0 Å². The van der Waals surface area contributed by atoms with E-state index in [-0.39, 0.29) is 27.0 Å². The molecule has 4 nitrogen and oxygen atoms in total. The summed E-state index contributed by atoms with van der Waals surface area (Å²) >= 11 is 9.14. The van der Waals surface area contributed by atoms with Crippen molar-refractivity contribution in [2.45, 2.75) is 0 Å². The quantitative estimate of drug-likeness (QED) is 0.326. The van der Waals surface area contributed by atoms with E-state index >= 15 is 0 Å². The molecule has 1 aromatic heterocycles. The number of hydrogen-bond donors (Lipinski definition) is 2. The summed E-state index contributed by atoms with van der Waals surface area (Å²) < 4.78 is 7.76. The van der Waals surface area contributed by atoms with Crippen LogP contribution in [-0.4, -0.2) is 57.9 Å². The van der Waals surface area contributed by atoms with Gasteiger partial charge >= 0.3 is 200 Å². The van der Waals surface area contributed by atoms with Gasteiger partial charge in [0.2, 0.25) is 0 Å². The molecular formula is C17H12As2Cl2O4S4. The second-order valence-electron chi connectivity index (χ2n) is 6.14. The minimum absolute atomic E-state index is 0.0192. The van der Waals surface area contributed by atoms with Crippen molar-refractivity contribution in [2.75, 3.05) is 23.0 Å². The number of aromatic hydroxyl groups is 2. The molecule has 2 aromatic carbocycles. The molecule has 0 saturated carbocycles. The van der Waals surface area contributed by atoms with Gasteiger partial charge in [0.25, 0.3) is 0 Å². The van der Waals surface area contributed by atoms with Crippen molar-refractivity contribution in [2.24, 2.45) is 0 Å². The molecule has 12 heteroatoms. The molecule has 0 bridgehead atoms. The first-order chi connectivity index (χ1) is 14.0. The molecule has 152 valence electrons. The molecule has 0 aliphatic carbocycles. The van der Waals surface area contributed by atoms with Crippen LogP contribution in [0.15, 0.2) is 21.3 Å². The van der Waals surface area contributed by atoms with Crippen LogP contribution in [0.25, 0.3) is 21.9 Å². The maximum absolute atomic E-state index is 13.4. The Balaban J connectivity index is 1.92. The molecule has 0 radical (unpaired) electrons. The van der Waals surface area contributed by atoms with Crippen molar-refractivity contribution < 1.29 is 14.6 Å². The zero-order valence-corrected chi connectivity index (χ0v) is 23.0. The van der Waals surface area contributed by atoms with Gasteiger partial charge < -0.3 is 0 Å². The summed E-state index contributed by atoms with van der Waals surface area (Å²) in [5.41, 5.74) is 0.605. The van der Waals surface area contributed by atoms with Gasteiger partial charge in [-0.3, -0.25) is 0 Å². The van der Waals surface area contributed by atoms with Crippen LogP contribution in [0.1, 0.15) is 0 Å². The van der Waals surface area contributed by atoms with Gasteiger partial charge in [0.05, 0.1) is 0 Å². The molecule has 0 atom stereocenters. The van der Waals surface area contributed by atoms with Crippen molar-refractivity contribution >= 4 is 119 Å². The first-order valence-electron chi connectivity index (χ1n) is 8.42. The van der Waals surface area contributed by atoms with Crippen LogP contribution in [0, 0.1) is 0 Å². The summed E-state index contributed by atoms with van der Waals surface area (Å²) in [5, 5.41) is 22.6. The van der Waals surface area contributed by atoms with E-state index in [0.29, 0.717) is 30.6 Å². The Hall–Kier alpha value is 0.607. The van der Waals surface area contributed by atoms with Crippen molar-refractivity contribution in [1.29, 1.82) is 0 Å². The molecule has 29 heavy (non-hydrogen) atoms. The number of rotatable bonds is 2. The van der Waals surface area contributed by atoms with Crippen molar-refractivity contribution in [3.8, 4) is 11.5 Å². The Morgan fingerprint density at radius 1 is 0.793 bits per heavy atom. The molecule has 2 saturated heterocycles. The van der Waals surface area contributed by atoms with Gasteiger partial charge in [-0.1, -0.05) is 0 Å². The van der Waals surface area contributed by atoms with E-state index in [0.717, 1.165) is 23.0 Å². The summed E-state index contributed by atoms with van der Waals surface area (Å²) in [4.78, 5) is 13.4. The van der Waals surface area contributed by atoms with Crippen LogP contribution >= 0.6 is 63.3 Å². The zero-order valence-electron chi connectivity index (χ0n) is 14.5. The second kappa shape index (κ2) is 8.51. The van der Waals surface area contributed by atoms with Gasteiger partial charge in [-0.2, -0.15) is 0 Å². The van der Waals surface area contributed by atoms with Crippen molar-refractivity contribution in [1.82, 2.24) is 0 Å². The Labute approximate surface area is 198 Å². The van der Waals surface area contributed by atoms with Crippen LogP contribution in [0.5, 0.6) is 11.5 Å². The topological polar surface area (TPSA) is 70.7 Å². The molecule has 2 N–H and O–H groups in total. The third kappa shape index (κ3) is 3.64. The predicted octanol–water partition coefficient (Wildman–Crippen LogP) is 4.01. The van der Waals surface area contributed by atoms with E-state index in [1.807, 2.05) is 40.1 Å². The summed E-state index contributed by atoms with van der Waals surface area (Å²) in [6.07, 6.45) is 0. The molecule has 0 unspecified atom stereocenters. The number of benzene rings is 2. The fraction of sp³-hybridized carbons (Fsp3) is 0.235. The van der Waals surface area contributed by atoms with E-state index in [1.165, 1.54) is 12.1 Å². The number of phenolic OH excluding ortho intramolecular Hbond substituents is 2. The number of phenols is 2. The third-order valence-electron chi connectivity index (χ3n) is 4.42. The molecule has 3 heterocycles. The van der Waals surface area contributed by atoms with Crippen molar-refractivity contribution in [3.63, 3.8) is 0 Å². The first kappa shape index (κ1) is 21.5. The van der Waals surface area contributed by atoms with Crippen molar-refractivity contribution in [3.05, 3.63) is 32.4 Å². The van der Waals surface area contributed by atoms with Crippen LogP contribution in [0.2, 0.25) is 10.0 Å². The van der Waals surface area contributed by atoms with E-state index in [4.69, 9.17) is 27.6 Å². The van der Waals surface area contributed by atoms with Gasteiger partial charge in [0.1, 0.15) is 0 Å². The number of fused-ring (bicyclic) bond motifs is 2. The Kier molecular flexibility index (Phi) is 6.30. The summed E-state index contributed by atoms with van der Waals surface area (Å²) in [7, 11) is 7.35. The molecule has 5 rings (SSSR count). The summed E-state index contributed by atoms with van der Waals surface area (Å²) in [6, 6.07) is 2.97. The predicted molar refractivity (Wildman–Crippen MR) is 134 cm³/mol. The van der Waals surface area contributed by atoms with Gasteiger partial charge in [-0.25, -0.2) is 0 Å². The average molecular weight is 629 g/mol. The van der Waals surface area contributed by atoms with Gasteiger partial charge in [0, 0.05) is 0 Å². The Morgan fingerprint density at radius 3 is 1.55 bits per heavy atom. The van der Waals surface area contributed by atoms with E-state index in [1.54, 1.807) is 0 Å². The second-order valence-corrected chi connectivity index (χ2v) is 30.1. The summed E-state index contributed by atoms with van der Waals surface area (Å²) in [6.45, 7) is 0. The fourth-order valence-electron chi connectivity index (χ4n) is 3.16. The standard InChI is InChI=1S/C17H12As2Cl2O4S4/c20-9-5-7-13(22)8-6-10(21)15(24)12(19-28-3-4-29-19)17(8)25-16(7)11(14(9)23)18-26-1-2-27-18/h5-6,23-24H,1-4H2. The minimum atomic E-state index is -1.72. The monoisotopic (exact) mass is 628 g/mol. The number of hydrogen-bond acceptors (Lipinski definition) is 8. The Morgan fingerprint density at radius 2 is 1.17 bits per heavy atom.